The topological polar surface area (TPSA) is 70.7 Å². The quantitative estimate of drug-likeness (QED) is 0.885. The number of alkyl halides is 3. The number of aryl methyl sites for hydroxylation is 1. The van der Waals surface area contributed by atoms with E-state index in [9.17, 15) is 18.0 Å². The van der Waals surface area contributed by atoms with Crippen LogP contribution in [0.4, 0.5) is 19.1 Å². The summed E-state index contributed by atoms with van der Waals surface area (Å²) in [5.74, 6) is -0.875. The molecule has 2 aromatic heterocycles. The van der Waals surface area contributed by atoms with E-state index in [0.717, 1.165) is 16.4 Å². The molecule has 0 aliphatic rings. The molecule has 0 aromatic carbocycles. The van der Waals surface area contributed by atoms with Crippen molar-refractivity contribution in [2.45, 2.75) is 13.1 Å². The highest BCUT2D eigenvalue weighted by Gasteiger charge is 2.33. The van der Waals surface area contributed by atoms with E-state index in [0.29, 0.717) is 6.20 Å². The van der Waals surface area contributed by atoms with Crippen LogP contribution >= 0.6 is 11.5 Å². The van der Waals surface area contributed by atoms with Crippen molar-refractivity contribution >= 4 is 23.4 Å². The molecule has 0 unspecified atom stereocenters. The van der Waals surface area contributed by atoms with E-state index < -0.39 is 17.8 Å². The molecule has 5 nitrogen and oxygen atoms in total. The first kappa shape index (κ1) is 12.6. The molecule has 0 bridgehead atoms. The zero-order chi connectivity index (χ0) is 13.3. The average Bonchev–Trinajstić information content (AvgIpc) is 2.85. The summed E-state index contributed by atoms with van der Waals surface area (Å²) >= 11 is 1.13. The van der Waals surface area contributed by atoms with E-state index in [1.807, 2.05) is 4.98 Å². The molecule has 0 saturated heterocycles. The molecular weight excluding hydrogens is 269 g/mol. The van der Waals surface area contributed by atoms with Crippen LogP contribution in [-0.2, 0) is 6.18 Å². The minimum atomic E-state index is -4.52. The number of hydrogen-bond donors (Lipinski definition) is 2. The predicted octanol–water partition coefficient (Wildman–Crippen LogP) is 2.45. The van der Waals surface area contributed by atoms with Crippen molar-refractivity contribution in [2.75, 3.05) is 5.32 Å². The first-order valence-electron chi connectivity index (χ1n) is 4.73. The predicted molar refractivity (Wildman–Crippen MR) is 58.4 cm³/mol. The fourth-order valence-corrected chi connectivity index (χ4v) is 1.72. The number of amides is 1. The van der Waals surface area contributed by atoms with Crippen LogP contribution in [0.2, 0.25) is 0 Å². The molecular formula is C9H7F3N4OS. The van der Waals surface area contributed by atoms with E-state index in [1.54, 1.807) is 6.92 Å². The molecule has 0 radical (unpaired) electrons. The lowest BCUT2D eigenvalue weighted by molar-refractivity contribution is -0.140. The summed E-state index contributed by atoms with van der Waals surface area (Å²) in [6, 6.07) is 1.54. The van der Waals surface area contributed by atoms with E-state index in [-0.39, 0.29) is 11.6 Å². The van der Waals surface area contributed by atoms with Gasteiger partial charge in [0.1, 0.15) is 11.4 Å². The van der Waals surface area contributed by atoms with Gasteiger partial charge in [-0.1, -0.05) is 0 Å². The molecule has 2 N–H and O–H groups in total. The van der Waals surface area contributed by atoms with Crippen LogP contribution in [0.15, 0.2) is 12.3 Å². The Morgan fingerprint density at radius 3 is 2.72 bits per heavy atom. The number of carbonyl (C=O) groups is 1. The number of anilines is 1. The Morgan fingerprint density at radius 2 is 2.22 bits per heavy atom. The fourth-order valence-electron chi connectivity index (χ4n) is 1.17. The second kappa shape index (κ2) is 4.41. The normalized spacial score (nSPS) is 11.6. The number of nitrogens with one attached hydrogen (secondary N) is 2. The van der Waals surface area contributed by atoms with Gasteiger partial charge < -0.3 is 4.98 Å². The lowest BCUT2D eigenvalue weighted by atomic mass is 10.4. The van der Waals surface area contributed by atoms with Gasteiger partial charge in [0.05, 0.1) is 6.20 Å². The maximum atomic E-state index is 12.3. The van der Waals surface area contributed by atoms with Gasteiger partial charge in [-0.15, -0.1) is 0 Å². The van der Waals surface area contributed by atoms with Gasteiger partial charge in [0.2, 0.25) is 5.95 Å². The number of imidazole rings is 1. The Labute approximate surface area is 103 Å². The maximum absolute atomic E-state index is 12.3. The van der Waals surface area contributed by atoms with Crippen molar-refractivity contribution in [3.8, 4) is 0 Å². The van der Waals surface area contributed by atoms with Gasteiger partial charge in [-0.25, -0.2) is 4.98 Å². The molecule has 2 rings (SSSR count). The highest BCUT2D eigenvalue weighted by molar-refractivity contribution is 7.05. The van der Waals surface area contributed by atoms with Crippen LogP contribution in [0.5, 0.6) is 0 Å². The van der Waals surface area contributed by atoms with Gasteiger partial charge in [0, 0.05) is 4.88 Å². The van der Waals surface area contributed by atoms with E-state index in [1.165, 1.54) is 6.07 Å². The van der Waals surface area contributed by atoms with Crippen molar-refractivity contribution < 1.29 is 18.0 Å². The molecule has 18 heavy (non-hydrogen) atoms. The van der Waals surface area contributed by atoms with Gasteiger partial charge in [0.15, 0.2) is 0 Å². The lowest BCUT2D eigenvalue weighted by Crippen LogP contribution is -2.13. The number of nitrogens with zero attached hydrogens (tertiary/aromatic N) is 2. The Hall–Kier alpha value is -1.90. The Balaban J connectivity index is 2.10. The number of carbonyl (C=O) groups excluding carboxylic acids is 1. The van der Waals surface area contributed by atoms with Crippen molar-refractivity contribution in [3.63, 3.8) is 0 Å². The van der Waals surface area contributed by atoms with E-state index in [4.69, 9.17) is 0 Å². The summed E-state index contributed by atoms with van der Waals surface area (Å²) in [7, 11) is 0. The van der Waals surface area contributed by atoms with Crippen molar-refractivity contribution in [3.05, 3.63) is 28.5 Å². The molecule has 0 aliphatic heterocycles. The standard InChI is InChI=1S/C9H7F3N4OS/c1-4-2-5(16-18-4)7(17)15-8-13-3-6(14-8)9(10,11)12/h2-3H,1H3,(H2,13,14,15,17). The Morgan fingerprint density at radius 1 is 1.50 bits per heavy atom. The minimum Gasteiger partial charge on any atom is -0.320 e. The highest BCUT2D eigenvalue weighted by atomic mass is 32.1. The van der Waals surface area contributed by atoms with Gasteiger partial charge in [-0.3, -0.25) is 10.1 Å². The zero-order valence-corrected chi connectivity index (χ0v) is 9.82. The smallest absolute Gasteiger partial charge is 0.320 e. The summed E-state index contributed by atoms with van der Waals surface area (Å²) in [4.78, 5) is 17.8. The molecule has 2 heterocycles. The van der Waals surface area contributed by atoms with Crippen LogP contribution in [0.3, 0.4) is 0 Å². The summed E-state index contributed by atoms with van der Waals surface area (Å²) < 4.78 is 40.6. The summed E-state index contributed by atoms with van der Waals surface area (Å²) in [6.07, 6.45) is -3.91. The Bertz CT molecular complexity index is 574. The van der Waals surface area contributed by atoms with Gasteiger partial charge in [-0.2, -0.15) is 17.5 Å². The lowest BCUT2D eigenvalue weighted by Gasteiger charge is -2.01. The number of halogens is 3. The number of rotatable bonds is 2. The Kier molecular flexibility index (Phi) is 3.07. The fraction of sp³-hybridized carbons (Fsp3) is 0.222. The molecule has 0 spiro atoms. The van der Waals surface area contributed by atoms with Crippen molar-refractivity contribution in [1.82, 2.24) is 14.3 Å². The first-order chi connectivity index (χ1) is 8.36. The third kappa shape index (κ3) is 2.67. The van der Waals surface area contributed by atoms with Crippen LogP contribution in [0, 0.1) is 6.92 Å². The number of aromatic nitrogens is 3. The van der Waals surface area contributed by atoms with Gasteiger partial charge in [0.25, 0.3) is 5.91 Å². The highest BCUT2D eigenvalue weighted by Crippen LogP contribution is 2.28. The summed E-state index contributed by atoms with van der Waals surface area (Å²) in [5, 5.41) is 2.20. The minimum absolute atomic E-state index is 0.141. The van der Waals surface area contributed by atoms with Crippen molar-refractivity contribution in [1.29, 1.82) is 0 Å². The van der Waals surface area contributed by atoms with Crippen LogP contribution in [0.25, 0.3) is 0 Å². The summed E-state index contributed by atoms with van der Waals surface area (Å²) in [6.45, 7) is 1.77. The maximum Gasteiger partial charge on any atom is 0.432 e. The molecule has 0 aliphatic carbocycles. The molecule has 0 atom stereocenters. The number of aromatic amines is 1. The van der Waals surface area contributed by atoms with Gasteiger partial charge in [-0.05, 0) is 24.5 Å². The van der Waals surface area contributed by atoms with Crippen LogP contribution in [0.1, 0.15) is 21.1 Å². The zero-order valence-electron chi connectivity index (χ0n) is 9.00. The molecule has 9 heteroatoms. The van der Waals surface area contributed by atoms with Crippen molar-refractivity contribution in [2.24, 2.45) is 0 Å². The average molecular weight is 276 g/mol. The summed E-state index contributed by atoms with van der Waals surface area (Å²) in [5.41, 5.74) is -0.880. The molecule has 0 saturated carbocycles. The molecule has 0 fully saturated rings. The van der Waals surface area contributed by atoms with E-state index >= 15 is 0 Å². The SMILES string of the molecule is Cc1cc(C(=O)Nc2ncc(C(F)(F)F)[nH]2)ns1. The van der Waals surface area contributed by atoms with Gasteiger partial charge >= 0.3 is 6.18 Å². The third-order valence-electron chi connectivity index (χ3n) is 1.97. The largest absolute Gasteiger partial charge is 0.432 e. The number of H-pyrrole nitrogens is 1. The monoisotopic (exact) mass is 276 g/mol. The molecule has 96 valence electrons. The first-order valence-corrected chi connectivity index (χ1v) is 5.50. The second-order valence-corrected chi connectivity index (χ2v) is 4.43. The molecule has 1 amide bonds. The second-order valence-electron chi connectivity index (χ2n) is 3.42. The third-order valence-corrected chi connectivity index (χ3v) is 2.67. The van der Waals surface area contributed by atoms with Crippen LogP contribution in [-0.4, -0.2) is 20.2 Å². The number of hydrogen-bond acceptors (Lipinski definition) is 4. The van der Waals surface area contributed by atoms with E-state index in [2.05, 4.69) is 14.7 Å². The molecule has 2 aromatic rings. The van der Waals surface area contributed by atoms with Crippen LogP contribution < -0.4 is 5.32 Å².